The molecule has 2 aromatic rings. The third kappa shape index (κ3) is 1.29. The average molecular weight is 221 g/mol. The van der Waals surface area contributed by atoms with Crippen LogP contribution in [-0.4, -0.2) is 11.5 Å². The van der Waals surface area contributed by atoms with Crippen LogP contribution in [0.25, 0.3) is 10.9 Å². The molecule has 1 aromatic heterocycles. The summed E-state index contributed by atoms with van der Waals surface area (Å²) in [5, 5.41) is 5.55. The van der Waals surface area contributed by atoms with Crippen molar-refractivity contribution in [2.45, 2.75) is 19.9 Å². The third-order valence-corrected chi connectivity index (χ3v) is 3.63. The van der Waals surface area contributed by atoms with Gasteiger partial charge in [0, 0.05) is 22.6 Å². The first-order valence-electron chi connectivity index (χ1n) is 5.26. The van der Waals surface area contributed by atoms with Crippen molar-refractivity contribution in [3.63, 3.8) is 0 Å². The lowest BCUT2D eigenvalue weighted by Gasteiger charge is -2.12. The fourth-order valence-electron chi connectivity index (χ4n) is 2.35. The summed E-state index contributed by atoms with van der Waals surface area (Å²) in [5.41, 5.74) is 5.14. The van der Waals surface area contributed by atoms with E-state index in [2.05, 4.69) is 23.3 Å². The van der Waals surface area contributed by atoms with E-state index in [4.69, 9.17) is 11.6 Å². The van der Waals surface area contributed by atoms with E-state index in [-0.39, 0.29) is 0 Å². The highest BCUT2D eigenvalue weighted by molar-refractivity contribution is 6.32. The van der Waals surface area contributed by atoms with Crippen molar-refractivity contribution in [2.75, 3.05) is 6.54 Å². The van der Waals surface area contributed by atoms with E-state index in [0.29, 0.717) is 0 Å². The third-order valence-electron chi connectivity index (χ3n) is 3.22. The van der Waals surface area contributed by atoms with Crippen LogP contribution in [0.3, 0.4) is 0 Å². The van der Waals surface area contributed by atoms with Crippen molar-refractivity contribution in [3.8, 4) is 0 Å². The Morgan fingerprint density at radius 3 is 3.07 bits per heavy atom. The van der Waals surface area contributed by atoms with Crippen LogP contribution in [0.5, 0.6) is 0 Å². The number of benzene rings is 1. The van der Waals surface area contributed by atoms with Gasteiger partial charge in [0.2, 0.25) is 0 Å². The summed E-state index contributed by atoms with van der Waals surface area (Å²) >= 11 is 6.12. The minimum Gasteiger partial charge on any atom is -0.357 e. The van der Waals surface area contributed by atoms with Crippen LogP contribution in [-0.2, 0) is 13.0 Å². The van der Waals surface area contributed by atoms with E-state index < -0.39 is 0 Å². The average Bonchev–Trinajstić information content (AvgIpc) is 2.63. The van der Waals surface area contributed by atoms with Crippen LogP contribution in [0.1, 0.15) is 16.8 Å². The van der Waals surface area contributed by atoms with Gasteiger partial charge >= 0.3 is 0 Å². The molecule has 78 valence electrons. The molecule has 0 radical (unpaired) electrons. The van der Waals surface area contributed by atoms with E-state index in [1.54, 1.807) is 0 Å². The van der Waals surface area contributed by atoms with Gasteiger partial charge in [-0.1, -0.05) is 17.7 Å². The van der Waals surface area contributed by atoms with Gasteiger partial charge < -0.3 is 10.3 Å². The molecule has 0 atom stereocenters. The van der Waals surface area contributed by atoms with Gasteiger partial charge in [0.05, 0.1) is 5.52 Å². The van der Waals surface area contributed by atoms with Crippen LogP contribution >= 0.6 is 11.6 Å². The molecule has 0 saturated carbocycles. The van der Waals surface area contributed by atoms with Crippen molar-refractivity contribution in [1.82, 2.24) is 10.3 Å². The topological polar surface area (TPSA) is 27.8 Å². The Hall–Kier alpha value is -0.990. The first-order valence-corrected chi connectivity index (χ1v) is 5.64. The highest BCUT2D eigenvalue weighted by Gasteiger charge is 2.16. The summed E-state index contributed by atoms with van der Waals surface area (Å²) in [5.74, 6) is 0. The number of halogens is 1. The Labute approximate surface area is 93.6 Å². The number of fused-ring (bicyclic) bond motifs is 3. The normalized spacial score (nSPS) is 15.6. The van der Waals surface area contributed by atoms with E-state index in [1.165, 1.54) is 22.2 Å². The molecule has 3 heteroatoms. The van der Waals surface area contributed by atoms with Gasteiger partial charge in [-0.05, 0) is 37.1 Å². The molecule has 0 amide bonds. The van der Waals surface area contributed by atoms with E-state index in [9.17, 15) is 0 Å². The van der Waals surface area contributed by atoms with Crippen molar-refractivity contribution in [1.29, 1.82) is 0 Å². The first-order chi connectivity index (χ1) is 7.27. The second kappa shape index (κ2) is 3.26. The summed E-state index contributed by atoms with van der Waals surface area (Å²) in [6.45, 7) is 4.09. The molecule has 1 aliphatic heterocycles. The zero-order chi connectivity index (χ0) is 10.4. The second-order valence-corrected chi connectivity index (χ2v) is 4.51. The summed E-state index contributed by atoms with van der Waals surface area (Å²) in [7, 11) is 0. The van der Waals surface area contributed by atoms with Gasteiger partial charge in [-0.15, -0.1) is 0 Å². The van der Waals surface area contributed by atoms with Crippen molar-refractivity contribution < 1.29 is 0 Å². The number of aryl methyl sites for hydroxylation is 1. The molecule has 3 rings (SSSR count). The number of rotatable bonds is 0. The largest absolute Gasteiger partial charge is 0.357 e. The van der Waals surface area contributed by atoms with Crippen molar-refractivity contribution in [2.24, 2.45) is 0 Å². The fourth-order valence-corrected chi connectivity index (χ4v) is 2.51. The molecule has 2 N–H and O–H groups in total. The Morgan fingerprint density at radius 1 is 1.33 bits per heavy atom. The lowest BCUT2D eigenvalue weighted by atomic mass is 10.0. The van der Waals surface area contributed by atoms with Crippen molar-refractivity contribution in [3.05, 3.63) is 34.0 Å². The molecule has 0 unspecified atom stereocenters. The standard InChI is InChI=1S/C12H13ClN2/c1-7-10(13)3-2-9-8-4-5-14-6-11(8)15-12(7)9/h2-3,14-15H,4-6H2,1H3. The molecule has 0 fully saturated rings. The Balaban J connectivity index is 2.36. The summed E-state index contributed by atoms with van der Waals surface area (Å²) in [6.07, 6.45) is 1.11. The maximum atomic E-state index is 6.12. The second-order valence-electron chi connectivity index (χ2n) is 4.10. The van der Waals surface area contributed by atoms with Gasteiger partial charge in [-0.3, -0.25) is 0 Å². The van der Waals surface area contributed by atoms with E-state index in [1.807, 2.05) is 6.07 Å². The Bertz CT molecular complexity index is 528. The molecule has 2 heterocycles. The smallest absolute Gasteiger partial charge is 0.0504 e. The maximum Gasteiger partial charge on any atom is 0.0504 e. The monoisotopic (exact) mass is 220 g/mol. The van der Waals surface area contributed by atoms with Gasteiger partial charge in [0.1, 0.15) is 0 Å². The number of nitrogens with one attached hydrogen (secondary N) is 2. The lowest BCUT2D eigenvalue weighted by molar-refractivity contribution is 0.637. The van der Waals surface area contributed by atoms with Gasteiger partial charge in [0.25, 0.3) is 0 Å². The van der Waals surface area contributed by atoms with Crippen LogP contribution in [0.2, 0.25) is 5.02 Å². The molecule has 1 aromatic carbocycles. The molecule has 2 nitrogen and oxygen atoms in total. The number of aromatic nitrogens is 1. The Kier molecular flexibility index (Phi) is 2.01. The zero-order valence-electron chi connectivity index (χ0n) is 8.65. The van der Waals surface area contributed by atoms with Crippen molar-refractivity contribution >= 4 is 22.5 Å². The minimum atomic E-state index is 0.842. The molecule has 1 aliphatic rings. The highest BCUT2D eigenvalue weighted by Crippen LogP contribution is 2.30. The first kappa shape index (κ1) is 9.25. The molecule has 0 saturated heterocycles. The minimum absolute atomic E-state index is 0.842. The number of aromatic amines is 1. The summed E-state index contributed by atoms with van der Waals surface area (Å²) < 4.78 is 0. The van der Waals surface area contributed by atoms with E-state index in [0.717, 1.165) is 30.1 Å². The predicted octanol–water partition coefficient (Wildman–Crippen LogP) is 2.78. The van der Waals surface area contributed by atoms with E-state index >= 15 is 0 Å². The quantitative estimate of drug-likeness (QED) is 0.702. The predicted molar refractivity (Wildman–Crippen MR) is 63.5 cm³/mol. The Morgan fingerprint density at radius 2 is 2.20 bits per heavy atom. The highest BCUT2D eigenvalue weighted by atomic mass is 35.5. The number of H-pyrrole nitrogens is 1. The van der Waals surface area contributed by atoms with Crippen LogP contribution in [0, 0.1) is 6.92 Å². The number of hydrogen-bond acceptors (Lipinski definition) is 1. The SMILES string of the molecule is Cc1c(Cl)ccc2c3c([nH]c12)CNCC3. The lowest BCUT2D eigenvalue weighted by Crippen LogP contribution is -2.22. The molecule has 0 aliphatic carbocycles. The molecule has 0 spiro atoms. The van der Waals surface area contributed by atoms with Crippen LogP contribution < -0.4 is 5.32 Å². The van der Waals surface area contributed by atoms with Gasteiger partial charge in [-0.25, -0.2) is 0 Å². The zero-order valence-corrected chi connectivity index (χ0v) is 9.41. The fraction of sp³-hybridized carbons (Fsp3) is 0.333. The summed E-state index contributed by atoms with van der Waals surface area (Å²) in [4.78, 5) is 3.48. The molecule has 0 bridgehead atoms. The van der Waals surface area contributed by atoms with Crippen LogP contribution in [0.4, 0.5) is 0 Å². The van der Waals surface area contributed by atoms with Crippen LogP contribution in [0.15, 0.2) is 12.1 Å². The summed E-state index contributed by atoms with van der Waals surface area (Å²) in [6, 6.07) is 4.13. The van der Waals surface area contributed by atoms with Gasteiger partial charge in [0.15, 0.2) is 0 Å². The number of hydrogen-bond donors (Lipinski definition) is 2. The van der Waals surface area contributed by atoms with Gasteiger partial charge in [-0.2, -0.15) is 0 Å². The molecule has 15 heavy (non-hydrogen) atoms. The molecular weight excluding hydrogens is 208 g/mol. The molecular formula is C12H13ClN2. The maximum absolute atomic E-state index is 6.12.